The van der Waals surface area contributed by atoms with Gasteiger partial charge in [-0.05, 0) is 38.1 Å². The lowest BCUT2D eigenvalue weighted by atomic mass is 10.1. The van der Waals surface area contributed by atoms with Crippen LogP contribution >= 0.6 is 0 Å². The molecular weight excluding hydrogens is 402 g/mol. The molecule has 2 aromatic carbocycles. The van der Waals surface area contributed by atoms with E-state index in [2.05, 4.69) is 30.7 Å². The monoisotopic (exact) mass is 419 g/mol. The summed E-state index contributed by atoms with van der Waals surface area (Å²) >= 11 is 0. The molecule has 0 aliphatic rings. The molecule has 0 aliphatic carbocycles. The summed E-state index contributed by atoms with van der Waals surface area (Å²) in [7, 11) is 0. The smallest absolute Gasteiger partial charge is 0.191 e. The Balaban J connectivity index is 1.51. The zero-order valence-electron chi connectivity index (χ0n) is 17.4. The molecule has 0 N–H and O–H groups in total. The predicted molar refractivity (Wildman–Crippen MR) is 120 cm³/mol. The van der Waals surface area contributed by atoms with E-state index in [4.69, 9.17) is 4.52 Å². The zero-order valence-corrected chi connectivity index (χ0v) is 17.4. The van der Waals surface area contributed by atoms with Gasteiger partial charge in [0.1, 0.15) is 11.5 Å². The minimum absolute atomic E-state index is 0.591. The maximum absolute atomic E-state index is 5.51. The van der Waals surface area contributed by atoms with Crippen LogP contribution in [0.5, 0.6) is 0 Å². The molecule has 0 unspecified atom stereocenters. The van der Waals surface area contributed by atoms with Crippen LogP contribution in [0.2, 0.25) is 0 Å². The first-order valence-corrected chi connectivity index (χ1v) is 10.2. The van der Waals surface area contributed by atoms with Gasteiger partial charge >= 0.3 is 0 Å². The summed E-state index contributed by atoms with van der Waals surface area (Å²) in [5.74, 6) is 1.25. The summed E-state index contributed by atoms with van der Waals surface area (Å²) in [6, 6.07) is 19.8. The van der Waals surface area contributed by atoms with Crippen molar-refractivity contribution < 1.29 is 4.52 Å². The van der Waals surface area contributed by atoms with Gasteiger partial charge in [-0.3, -0.25) is 0 Å². The Kier molecular flexibility index (Phi) is 4.04. The fourth-order valence-electron chi connectivity index (χ4n) is 3.85. The van der Waals surface area contributed by atoms with Gasteiger partial charge in [0.05, 0.1) is 23.1 Å². The molecular formula is C24H17N7O. The van der Waals surface area contributed by atoms with Gasteiger partial charge in [-0.25, -0.2) is 0 Å². The molecule has 32 heavy (non-hydrogen) atoms. The Morgan fingerprint density at radius 3 is 2.50 bits per heavy atom. The number of aryl methyl sites for hydroxylation is 2. The Morgan fingerprint density at radius 1 is 0.812 bits per heavy atom. The fourth-order valence-corrected chi connectivity index (χ4v) is 3.85. The number of rotatable bonds is 3. The summed E-state index contributed by atoms with van der Waals surface area (Å²) in [6.45, 7) is 3.78. The van der Waals surface area contributed by atoms with Crippen LogP contribution in [-0.4, -0.2) is 35.2 Å². The van der Waals surface area contributed by atoms with E-state index in [0.29, 0.717) is 22.9 Å². The average molecular weight is 419 g/mol. The molecule has 0 spiro atoms. The molecule has 8 heteroatoms. The molecule has 6 aromatic rings. The molecule has 0 saturated carbocycles. The highest BCUT2D eigenvalue weighted by molar-refractivity contribution is 5.96. The van der Waals surface area contributed by atoms with Crippen molar-refractivity contribution in [3.05, 3.63) is 78.3 Å². The first kappa shape index (κ1) is 18.3. The highest BCUT2D eigenvalue weighted by Gasteiger charge is 2.22. The standard InChI is InChI=1S/C24H17N7O/c1-14-8-11-20(27-26-14)17-9-10-19-18(12-17)13-25-31-23(19)28-29-24(31)21-15(2)32-30-22(21)16-6-4-3-5-7-16/h3-13H,1-2H3. The van der Waals surface area contributed by atoms with Crippen molar-refractivity contribution in [2.75, 3.05) is 0 Å². The van der Waals surface area contributed by atoms with Crippen LogP contribution < -0.4 is 0 Å². The third-order valence-electron chi connectivity index (χ3n) is 5.47. The van der Waals surface area contributed by atoms with E-state index in [-0.39, 0.29) is 0 Å². The Morgan fingerprint density at radius 2 is 1.69 bits per heavy atom. The van der Waals surface area contributed by atoms with Crippen LogP contribution in [0.15, 0.2) is 71.4 Å². The summed E-state index contributed by atoms with van der Waals surface area (Å²) in [5.41, 5.74) is 5.77. The lowest BCUT2D eigenvalue weighted by Gasteiger charge is -2.05. The quantitative estimate of drug-likeness (QED) is 0.411. The average Bonchev–Trinajstić information content (AvgIpc) is 3.43. The number of fused-ring (bicyclic) bond motifs is 3. The summed E-state index contributed by atoms with van der Waals surface area (Å²) < 4.78 is 7.25. The van der Waals surface area contributed by atoms with E-state index in [0.717, 1.165) is 38.9 Å². The van der Waals surface area contributed by atoms with Gasteiger partial charge in [0, 0.05) is 21.9 Å². The molecule has 4 heterocycles. The normalized spacial score (nSPS) is 11.4. The van der Waals surface area contributed by atoms with Crippen LogP contribution in [0.25, 0.3) is 50.3 Å². The molecule has 0 fully saturated rings. The number of aromatic nitrogens is 7. The van der Waals surface area contributed by atoms with Crippen LogP contribution in [-0.2, 0) is 0 Å². The molecule has 4 aromatic heterocycles. The van der Waals surface area contributed by atoms with Gasteiger partial charge in [0.25, 0.3) is 0 Å². The van der Waals surface area contributed by atoms with E-state index in [9.17, 15) is 0 Å². The number of benzene rings is 2. The van der Waals surface area contributed by atoms with Gasteiger partial charge in [-0.1, -0.05) is 41.6 Å². The maximum Gasteiger partial charge on any atom is 0.191 e. The molecule has 8 nitrogen and oxygen atoms in total. The highest BCUT2D eigenvalue weighted by Crippen LogP contribution is 2.34. The number of hydrogen-bond acceptors (Lipinski definition) is 7. The van der Waals surface area contributed by atoms with Gasteiger partial charge < -0.3 is 4.52 Å². The van der Waals surface area contributed by atoms with Crippen LogP contribution in [0.4, 0.5) is 0 Å². The Bertz CT molecular complexity index is 1580. The summed E-state index contributed by atoms with van der Waals surface area (Å²) in [4.78, 5) is 0. The molecule has 0 radical (unpaired) electrons. The highest BCUT2D eigenvalue weighted by atomic mass is 16.5. The van der Waals surface area contributed by atoms with Gasteiger partial charge in [0.15, 0.2) is 11.5 Å². The second-order valence-corrected chi connectivity index (χ2v) is 7.59. The topological polar surface area (TPSA) is 94.9 Å². The lowest BCUT2D eigenvalue weighted by molar-refractivity contribution is 0.400. The van der Waals surface area contributed by atoms with E-state index in [1.165, 1.54) is 0 Å². The zero-order chi connectivity index (χ0) is 21.7. The molecule has 0 aliphatic heterocycles. The van der Waals surface area contributed by atoms with Crippen molar-refractivity contribution in [3.63, 3.8) is 0 Å². The third kappa shape index (κ3) is 2.84. The summed E-state index contributed by atoms with van der Waals surface area (Å²) in [5, 5.41) is 28.1. The fraction of sp³-hybridized carbons (Fsp3) is 0.0833. The Hall–Kier alpha value is -4.46. The van der Waals surface area contributed by atoms with Crippen LogP contribution in [0, 0.1) is 13.8 Å². The molecule has 0 saturated heterocycles. The minimum atomic E-state index is 0.591. The SMILES string of the molecule is Cc1ccc(-c2ccc3c(cnn4c(-c5c(-c6ccccc6)noc5C)nnc34)c2)nn1. The second kappa shape index (κ2) is 7.05. The molecule has 0 atom stereocenters. The minimum Gasteiger partial charge on any atom is -0.360 e. The van der Waals surface area contributed by atoms with E-state index >= 15 is 0 Å². The Labute approximate surface area is 182 Å². The van der Waals surface area contributed by atoms with E-state index < -0.39 is 0 Å². The predicted octanol–water partition coefficient (Wildman–Crippen LogP) is 4.67. The third-order valence-corrected chi connectivity index (χ3v) is 5.47. The summed E-state index contributed by atoms with van der Waals surface area (Å²) in [6.07, 6.45) is 1.81. The van der Waals surface area contributed by atoms with E-state index in [1.54, 1.807) is 4.52 Å². The van der Waals surface area contributed by atoms with Gasteiger partial charge in [0.2, 0.25) is 0 Å². The lowest BCUT2D eigenvalue weighted by Crippen LogP contribution is -1.97. The maximum atomic E-state index is 5.51. The van der Waals surface area contributed by atoms with Crippen molar-refractivity contribution in [3.8, 4) is 33.9 Å². The largest absolute Gasteiger partial charge is 0.360 e. The van der Waals surface area contributed by atoms with Crippen LogP contribution in [0.3, 0.4) is 0 Å². The van der Waals surface area contributed by atoms with Gasteiger partial charge in [-0.2, -0.15) is 19.8 Å². The van der Waals surface area contributed by atoms with E-state index in [1.807, 2.05) is 80.7 Å². The van der Waals surface area contributed by atoms with Crippen LogP contribution in [0.1, 0.15) is 11.5 Å². The first-order valence-electron chi connectivity index (χ1n) is 10.2. The molecule has 0 bridgehead atoms. The van der Waals surface area contributed by atoms with Crippen molar-refractivity contribution in [2.24, 2.45) is 0 Å². The first-order chi connectivity index (χ1) is 15.7. The molecule has 6 rings (SSSR count). The number of nitrogens with zero attached hydrogens (tertiary/aromatic N) is 7. The second-order valence-electron chi connectivity index (χ2n) is 7.59. The van der Waals surface area contributed by atoms with Gasteiger partial charge in [-0.15, -0.1) is 10.2 Å². The molecule has 154 valence electrons. The molecule has 0 amide bonds. The van der Waals surface area contributed by atoms with Crippen molar-refractivity contribution in [2.45, 2.75) is 13.8 Å². The van der Waals surface area contributed by atoms with Crippen molar-refractivity contribution >= 4 is 16.4 Å². The van der Waals surface area contributed by atoms with Crippen molar-refractivity contribution in [1.82, 2.24) is 35.2 Å². The van der Waals surface area contributed by atoms with Crippen molar-refractivity contribution in [1.29, 1.82) is 0 Å². The number of hydrogen-bond donors (Lipinski definition) is 0.